The first-order chi connectivity index (χ1) is 8.74. The van der Waals surface area contributed by atoms with Gasteiger partial charge in [-0.15, -0.1) is 5.10 Å². The third-order valence-corrected chi connectivity index (χ3v) is 2.94. The van der Waals surface area contributed by atoms with E-state index in [1.165, 1.54) is 12.8 Å². The van der Waals surface area contributed by atoms with Crippen LogP contribution in [0.3, 0.4) is 0 Å². The zero-order valence-corrected chi connectivity index (χ0v) is 11.4. The zero-order valence-electron chi connectivity index (χ0n) is 11.4. The molecule has 2 rings (SSSR count). The van der Waals surface area contributed by atoms with Crippen LogP contribution in [0.1, 0.15) is 32.4 Å². The summed E-state index contributed by atoms with van der Waals surface area (Å²) >= 11 is 0. The van der Waals surface area contributed by atoms with E-state index in [1.807, 2.05) is 10.9 Å². The van der Waals surface area contributed by atoms with E-state index in [1.54, 1.807) is 0 Å². The van der Waals surface area contributed by atoms with Crippen LogP contribution in [0, 0.1) is 11.8 Å². The van der Waals surface area contributed by atoms with Crippen molar-refractivity contribution in [3.05, 3.63) is 11.9 Å². The number of rotatable bonds is 9. The molecule has 0 bridgehead atoms. The zero-order chi connectivity index (χ0) is 12.8. The topological polar surface area (TPSA) is 52.0 Å². The molecule has 1 aromatic rings. The Balaban J connectivity index is 1.59. The Hall–Kier alpha value is -0.940. The molecule has 0 aliphatic heterocycles. The van der Waals surface area contributed by atoms with Crippen molar-refractivity contribution >= 4 is 0 Å². The molecule has 0 unspecified atom stereocenters. The maximum Gasteiger partial charge on any atom is 0.0964 e. The monoisotopic (exact) mass is 252 g/mol. The van der Waals surface area contributed by atoms with Gasteiger partial charge >= 0.3 is 0 Å². The second-order valence-electron chi connectivity index (χ2n) is 5.52. The molecule has 1 saturated carbocycles. The second-order valence-corrected chi connectivity index (χ2v) is 5.52. The van der Waals surface area contributed by atoms with Crippen molar-refractivity contribution in [1.82, 2.24) is 20.3 Å². The summed E-state index contributed by atoms with van der Waals surface area (Å²) in [6, 6.07) is 0. The van der Waals surface area contributed by atoms with Crippen LogP contribution in [0.25, 0.3) is 0 Å². The van der Waals surface area contributed by atoms with E-state index in [0.717, 1.165) is 37.9 Å². The van der Waals surface area contributed by atoms with E-state index >= 15 is 0 Å². The molecule has 0 atom stereocenters. The average molecular weight is 252 g/mol. The van der Waals surface area contributed by atoms with E-state index in [2.05, 4.69) is 29.5 Å². The lowest BCUT2D eigenvalue weighted by molar-refractivity contribution is 0.101. The van der Waals surface area contributed by atoms with Gasteiger partial charge in [-0.25, -0.2) is 4.68 Å². The summed E-state index contributed by atoms with van der Waals surface area (Å²) in [6.45, 7) is 8.54. The van der Waals surface area contributed by atoms with Gasteiger partial charge in [0.15, 0.2) is 0 Å². The number of nitrogens with zero attached hydrogens (tertiary/aromatic N) is 3. The SMILES string of the molecule is CC(C)COCCn1cc(CNCC2CC2)nn1. The quantitative estimate of drug-likeness (QED) is 0.676. The van der Waals surface area contributed by atoms with Gasteiger partial charge in [-0.2, -0.15) is 0 Å². The van der Waals surface area contributed by atoms with Gasteiger partial charge in [-0.3, -0.25) is 0 Å². The van der Waals surface area contributed by atoms with Crippen LogP contribution < -0.4 is 5.32 Å². The van der Waals surface area contributed by atoms with Gasteiger partial charge in [0.1, 0.15) is 0 Å². The third-order valence-electron chi connectivity index (χ3n) is 2.94. The highest BCUT2D eigenvalue weighted by Gasteiger charge is 2.20. The van der Waals surface area contributed by atoms with E-state index < -0.39 is 0 Å². The van der Waals surface area contributed by atoms with E-state index in [4.69, 9.17) is 4.74 Å². The number of aromatic nitrogens is 3. The highest BCUT2D eigenvalue weighted by atomic mass is 16.5. The third kappa shape index (κ3) is 5.14. The van der Waals surface area contributed by atoms with Gasteiger partial charge in [0.05, 0.1) is 18.8 Å². The van der Waals surface area contributed by atoms with Crippen molar-refractivity contribution in [2.75, 3.05) is 19.8 Å². The molecule has 0 spiro atoms. The molecule has 1 fully saturated rings. The molecule has 1 aliphatic rings. The molecule has 0 aromatic carbocycles. The molecule has 18 heavy (non-hydrogen) atoms. The summed E-state index contributed by atoms with van der Waals surface area (Å²) in [7, 11) is 0. The van der Waals surface area contributed by atoms with Crippen LogP contribution >= 0.6 is 0 Å². The minimum absolute atomic E-state index is 0.586. The largest absolute Gasteiger partial charge is 0.379 e. The smallest absolute Gasteiger partial charge is 0.0964 e. The molecule has 5 heteroatoms. The minimum atomic E-state index is 0.586. The van der Waals surface area contributed by atoms with Gasteiger partial charge in [0.2, 0.25) is 0 Å². The Morgan fingerprint density at radius 2 is 2.33 bits per heavy atom. The number of hydrogen-bond acceptors (Lipinski definition) is 4. The van der Waals surface area contributed by atoms with Gasteiger partial charge in [0, 0.05) is 19.3 Å². The fourth-order valence-corrected chi connectivity index (χ4v) is 1.73. The number of nitrogens with one attached hydrogen (secondary N) is 1. The fraction of sp³-hybridized carbons (Fsp3) is 0.846. The first-order valence-electron chi connectivity index (χ1n) is 6.91. The molecule has 0 saturated heterocycles. The first kappa shape index (κ1) is 13.5. The Kier molecular flexibility index (Phi) is 5.13. The van der Waals surface area contributed by atoms with Crippen molar-refractivity contribution in [2.45, 2.75) is 39.8 Å². The second kappa shape index (κ2) is 6.85. The summed E-state index contributed by atoms with van der Waals surface area (Å²) < 4.78 is 7.38. The lowest BCUT2D eigenvalue weighted by atomic mass is 10.2. The van der Waals surface area contributed by atoms with Gasteiger partial charge in [0.25, 0.3) is 0 Å². The van der Waals surface area contributed by atoms with Gasteiger partial charge in [-0.05, 0) is 31.2 Å². The summed E-state index contributed by atoms with van der Waals surface area (Å²) in [6.07, 6.45) is 4.76. The Bertz CT molecular complexity index is 347. The van der Waals surface area contributed by atoms with Crippen LogP contribution in [0.4, 0.5) is 0 Å². The lowest BCUT2D eigenvalue weighted by Gasteiger charge is -2.05. The van der Waals surface area contributed by atoms with E-state index in [-0.39, 0.29) is 0 Å². The summed E-state index contributed by atoms with van der Waals surface area (Å²) in [5.74, 6) is 1.49. The van der Waals surface area contributed by atoms with Crippen LogP contribution in [0.5, 0.6) is 0 Å². The number of hydrogen-bond donors (Lipinski definition) is 1. The Morgan fingerprint density at radius 3 is 3.06 bits per heavy atom. The Morgan fingerprint density at radius 1 is 1.50 bits per heavy atom. The van der Waals surface area contributed by atoms with E-state index in [9.17, 15) is 0 Å². The molecular formula is C13H24N4O. The molecule has 102 valence electrons. The van der Waals surface area contributed by atoms with Crippen molar-refractivity contribution in [1.29, 1.82) is 0 Å². The molecule has 5 nitrogen and oxygen atoms in total. The van der Waals surface area contributed by atoms with Crippen molar-refractivity contribution in [2.24, 2.45) is 11.8 Å². The van der Waals surface area contributed by atoms with Crippen molar-refractivity contribution in [3.63, 3.8) is 0 Å². The van der Waals surface area contributed by atoms with Crippen LogP contribution in [0.2, 0.25) is 0 Å². The molecule has 1 heterocycles. The first-order valence-corrected chi connectivity index (χ1v) is 6.91. The maximum atomic E-state index is 5.52. The fourth-order valence-electron chi connectivity index (χ4n) is 1.73. The Labute approximate surface area is 109 Å². The van der Waals surface area contributed by atoms with Crippen LogP contribution in [-0.2, 0) is 17.8 Å². The molecule has 1 aromatic heterocycles. The standard InChI is InChI=1S/C13H24N4O/c1-11(2)10-18-6-5-17-9-13(15-16-17)8-14-7-12-3-4-12/h9,11-12,14H,3-8,10H2,1-2H3. The number of ether oxygens (including phenoxy) is 1. The minimum Gasteiger partial charge on any atom is -0.379 e. The van der Waals surface area contributed by atoms with Crippen LogP contribution in [0.15, 0.2) is 6.20 Å². The molecule has 0 radical (unpaired) electrons. The van der Waals surface area contributed by atoms with Crippen molar-refractivity contribution < 1.29 is 4.74 Å². The normalized spacial score (nSPS) is 15.5. The predicted octanol–water partition coefficient (Wildman–Crippen LogP) is 1.45. The summed E-state index contributed by atoms with van der Waals surface area (Å²) in [5.41, 5.74) is 1.01. The average Bonchev–Trinajstić information content (AvgIpc) is 3.04. The lowest BCUT2D eigenvalue weighted by Crippen LogP contribution is -2.16. The molecule has 0 amide bonds. The summed E-state index contributed by atoms with van der Waals surface area (Å²) in [4.78, 5) is 0. The maximum absolute atomic E-state index is 5.52. The molecule has 1 aliphatic carbocycles. The predicted molar refractivity (Wildman–Crippen MR) is 70.1 cm³/mol. The van der Waals surface area contributed by atoms with Gasteiger partial charge < -0.3 is 10.1 Å². The van der Waals surface area contributed by atoms with Crippen molar-refractivity contribution in [3.8, 4) is 0 Å². The van der Waals surface area contributed by atoms with E-state index in [0.29, 0.717) is 12.5 Å². The van der Waals surface area contributed by atoms with Crippen LogP contribution in [-0.4, -0.2) is 34.8 Å². The molecule has 1 N–H and O–H groups in total. The highest BCUT2D eigenvalue weighted by molar-refractivity contribution is 4.92. The van der Waals surface area contributed by atoms with Gasteiger partial charge in [-0.1, -0.05) is 19.1 Å². The molecular weight excluding hydrogens is 228 g/mol. The highest BCUT2D eigenvalue weighted by Crippen LogP contribution is 2.27. The summed E-state index contributed by atoms with van der Waals surface area (Å²) in [5, 5.41) is 11.6.